The number of hydrogen-bond donors (Lipinski definition) is 0. The largest absolute Gasteiger partial charge is 0.336 e. The summed E-state index contributed by atoms with van der Waals surface area (Å²) in [5.41, 5.74) is 0. The lowest BCUT2D eigenvalue weighted by Gasteiger charge is -2.18. The molecule has 3 heterocycles. The van der Waals surface area contributed by atoms with Crippen LogP contribution in [0.1, 0.15) is 40.1 Å². The number of benzene rings is 1. The Morgan fingerprint density at radius 3 is 2.88 bits per heavy atom. The van der Waals surface area contributed by atoms with E-state index in [-0.39, 0.29) is 5.91 Å². The molecule has 1 saturated carbocycles. The van der Waals surface area contributed by atoms with Gasteiger partial charge in [0, 0.05) is 30.1 Å². The average Bonchev–Trinajstić information content (AvgIpc) is 3.28. The Kier molecular flexibility index (Phi) is 3.19. The van der Waals surface area contributed by atoms with E-state index in [2.05, 4.69) is 17.2 Å². The fourth-order valence-corrected chi connectivity index (χ4v) is 4.31. The molecular weight excluding hydrogens is 320 g/mol. The summed E-state index contributed by atoms with van der Waals surface area (Å²) in [6, 6.07) is 10.2. The normalized spacial score (nSPS) is 17.8. The van der Waals surface area contributed by atoms with E-state index >= 15 is 0 Å². The fraction of sp³-hybridized carbons (Fsp3) is 0.389. The summed E-state index contributed by atoms with van der Waals surface area (Å²) in [6.45, 7) is 2.16. The minimum atomic E-state index is 0.129. The maximum absolute atomic E-state index is 12.9. The van der Waals surface area contributed by atoms with Gasteiger partial charge in [0.2, 0.25) is 0 Å². The summed E-state index contributed by atoms with van der Waals surface area (Å²) in [6.07, 6.45) is 3.23. The molecule has 6 heteroatoms. The van der Waals surface area contributed by atoms with Gasteiger partial charge in [-0.15, -0.1) is 11.3 Å². The maximum atomic E-state index is 12.9. The molecule has 0 radical (unpaired) electrons. The molecule has 2 aromatic heterocycles. The molecule has 2 aliphatic rings. The standard InChI is InChI=1S/C18H18N4OS/c23-18(15-11-13-3-1-2-4-14(13)24-15)21-8-7-16-19-17(12-5-6-12)20-22(16)10-9-21/h1-4,11-12H,5-10H2. The molecular formula is C18H18N4OS. The molecule has 1 aromatic carbocycles. The highest BCUT2D eigenvalue weighted by Crippen LogP contribution is 2.38. The van der Waals surface area contributed by atoms with Gasteiger partial charge in [0.05, 0.1) is 11.4 Å². The molecule has 1 aliphatic carbocycles. The van der Waals surface area contributed by atoms with Crippen molar-refractivity contribution in [3.63, 3.8) is 0 Å². The smallest absolute Gasteiger partial charge is 0.264 e. The monoisotopic (exact) mass is 338 g/mol. The van der Waals surface area contributed by atoms with E-state index in [1.807, 2.05) is 27.8 Å². The molecule has 0 bridgehead atoms. The highest BCUT2D eigenvalue weighted by Gasteiger charge is 2.30. The quantitative estimate of drug-likeness (QED) is 0.721. The third-order valence-electron chi connectivity index (χ3n) is 4.82. The van der Waals surface area contributed by atoms with Crippen molar-refractivity contribution >= 4 is 27.3 Å². The molecule has 0 N–H and O–H groups in total. The lowest BCUT2D eigenvalue weighted by Crippen LogP contribution is -2.33. The highest BCUT2D eigenvalue weighted by molar-refractivity contribution is 7.20. The zero-order valence-corrected chi connectivity index (χ0v) is 14.1. The third-order valence-corrected chi connectivity index (χ3v) is 5.92. The first-order valence-corrected chi connectivity index (χ1v) is 9.31. The summed E-state index contributed by atoms with van der Waals surface area (Å²) in [4.78, 5) is 20.3. The van der Waals surface area contributed by atoms with Crippen LogP contribution in [0.25, 0.3) is 10.1 Å². The Morgan fingerprint density at radius 1 is 1.17 bits per heavy atom. The molecule has 0 saturated heterocycles. The average molecular weight is 338 g/mol. The molecule has 5 rings (SSSR count). The van der Waals surface area contributed by atoms with Crippen LogP contribution in [-0.2, 0) is 13.0 Å². The predicted molar refractivity (Wildman–Crippen MR) is 93.4 cm³/mol. The van der Waals surface area contributed by atoms with E-state index in [1.165, 1.54) is 17.5 Å². The summed E-state index contributed by atoms with van der Waals surface area (Å²) in [5.74, 6) is 2.75. The minimum Gasteiger partial charge on any atom is -0.336 e. The molecule has 0 spiro atoms. The van der Waals surface area contributed by atoms with Crippen molar-refractivity contribution in [2.45, 2.75) is 31.7 Å². The first-order chi connectivity index (χ1) is 11.8. The Bertz CT molecular complexity index is 866. The lowest BCUT2D eigenvalue weighted by molar-refractivity contribution is 0.0763. The van der Waals surface area contributed by atoms with Crippen LogP contribution in [0.5, 0.6) is 0 Å². The van der Waals surface area contributed by atoms with Gasteiger partial charge in [0.1, 0.15) is 5.82 Å². The van der Waals surface area contributed by atoms with Crippen LogP contribution in [0.15, 0.2) is 30.3 Å². The molecule has 5 nitrogen and oxygen atoms in total. The minimum absolute atomic E-state index is 0.129. The number of carbonyl (C=O) groups excluding carboxylic acids is 1. The van der Waals surface area contributed by atoms with Gasteiger partial charge < -0.3 is 4.90 Å². The summed E-state index contributed by atoms with van der Waals surface area (Å²) in [5, 5.41) is 5.79. The SMILES string of the molecule is O=C(c1cc2ccccc2s1)N1CCc2nc(C3CC3)nn2CC1. The molecule has 24 heavy (non-hydrogen) atoms. The molecule has 0 atom stereocenters. The van der Waals surface area contributed by atoms with Crippen molar-refractivity contribution in [1.82, 2.24) is 19.7 Å². The van der Waals surface area contributed by atoms with E-state index in [1.54, 1.807) is 11.3 Å². The van der Waals surface area contributed by atoms with Gasteiger partial charge >= 0.3 is 0 Å². The molecule has 122 valence electrons. The highest BCUT2D eigenvalue weighted by atomic mass is 32.1. The second-order valence-electron chi connectivity index (χ2n) is 6.57. The van der Waals surface area contributed by atoms with Crippen LogP contribution in [0.2, 0.25) is 0 Å². The Morgan fingerprint density at radius 2 is 2.04 bits per heavy atom. The number of thiophene rings is 1. The second kappa shape index (κ2) is 5.41. The van der Waals surface area contributed by atoms with E-state index in [4.69, 9.17) is 4.98 Å². The van der Waals surface area contributed by atoms with Gasteiger partial charge in [-0.25, -0.2) is 9.67 Å². The predicted octanol–water partition coefficient (Wildman–Crippen LogP) is 3.07. The van der Waals surface area contributed by atoms with Gasteiger partial charge in [0.15, 0.2) is 5.82 Å². The topological polar surface area (TPSA) is 51.0 Å². The second-order valence-corrected chi connectivity index (χ2v) is 7.66. The zero-order valence-electron chi connectivity index (χ0n) is 13.3. The van der Waals surface area contributed by atoms with Crippen LogP contribution in [0.4, 0.5) is 0 Å². The number of fused-ring (bicyclic) bond motifs is 2. The number of aromatic nitrogens is 3. The van der Waals surface area contributed by atoms with Crippen molar-refractivity contribution in [2.75, 3.05) is 13.1 Å². The number of amides is 1. The molecule has 0 unspecified atom stereocenters. The van der Waals surface area contributed by atoms with Crippen LogP contribution in [-0.4, -0.2) is 38.7 Å². The molecule has 1 amide bonds. The third kappa shape index (κ3) is 2.41. The Labute approximate surface area is 143 Å². The van der Waals surface area contributed by atoms with Crippen molar-refractivity contribution < 1.29 is 4.79 Å². The van der Waals surface area contributed by atoms with E-state index in [9.17, 15) is 4.79 Å². The number of nitrogens with zero attached hydrogens (tertiary/aromatic N) is 4. The van der Waals surface area contributed by atoms with Gasteiger partial charge in [-0.3, -0.25) is 4.79 Å². The van der Waals surface area contributed by atoms with Crippen LogP contribution in [0.3, 0.4) is 0 Å². The van der Waals surface area contributed by atoms with Crippen molar-refractivity contribution in [2.24, 2.45) is 0 Å². The molecule has 3 aromatic rings. The van der Waals surface area contributed by atoms with E-state index < -0.39 is 0 Å². The van der Waals surface area contributed by atoms with Crippen LogP contribution < -0.4 is 0 Å². The van der Waals surface area contributed by atoms with Crippen LogP contribution >= 0.6 is 11.3 Å². The van der Waals surface area contributed by atoms with Gasteiger partial charge in [-0.05, 0) is 30.4 Å². The van der Waals surface area contributed by atoms with Gasteiger partial charge in [-0.1, -0.05) is 18.2 Å². The number of carbonyl (C=O) groups is 1. The van der Waals surface area contributed by atoms with Crippen molar-refractivity contribution in [3.05, 3.63) is 46.9 Å². The maximum Gasteiger partial charge on any atom is 0.264 e. The van der Waals surface area contributed by atoms with E-state index in [0.717, 1.165) is 41.4 Å². The number of rotatable bonds is 2. The Hall–Kier alpha value is -2.21. The summed E-state index contributed by atoms with van der Waals surface area (Å²) >= 11 is 1.58. The van der Waals surface area contributed by atoms with Crippen LogP contribution in [0, 0.1) is 0 Å². The van der Waals surface area contributed by atoms with Gasteiger partial charge in [0.25, 0.3) is 5.91 Å². The fourth-order valence-electron chi connectivity index (χ4n) is 3.28. The zero-order chi connectivity index (χ0) is 16.1. The van der Waals surface area contributed by atoms with E-state index in [0.29, 0.717) is 12.5 Å². The first kappa shape index (κ1) is 14.2. The summed E-state index contributed by atoms with van der Waals surface area (Å²) in [7, 11) is 0. The van der Waals surface area contributed by atoms with Gasteiger partial charge in [-0.2, -0.15) is 5.10 Å². The van der Waals surface area contributed by atoms with Crippen molar-refractivity contribution in [3.8, 4) is 0 Å². The summed E-state index contributed by atoms with van der Waals surface area (Å²) < 4.78 is 3.17. The number of hydrogen-bond acceptors (Lipinski definition) is 4. The molecule has 1 aliphatic heterocycles. The Balaban J connectivity index is 1.35. The first-order valence-electron chi connectivity index (χ1n) is 8.49. The van der Waals surface area contributed by atoms with Crippen molar-refractivity contribution in [1.29, 1.82) is 0 Å². The lowest BCUT2D eigenvalue weighted by atomic mass is 10.2. The molecule has 1 fully saturated rings.